The van der Waals surface area contributed by atoms with Crippen LogP contribution >= 0.6 is 0 Å². The average molecular weight is 208 g/mol. The molecule has 1 rings (SSSR count). The monoisotopic (exact) mass is 208 g/mol. The van der Waals surface area contributed by atoms with Crippen molar-refractivity contribution in [3.05, 3.63) is 35.9 Å². The molecule has 82 valence electrons. The van der Waals surface area contributed by atoms with Gasteiger partial charge in [-0.3, -0.25) is 10.8 Å². The summed E-state index contributed by atoms with van der Waals surface area (Å²) in [4.78, 5) is 0. The smallest absolute Gasteiger partial charge is 0.167 e. The third-order valence-electron chi connectivity index (χ3n) is 1.43. The highest BCUT2D eigenvalue weighted by molar-refractivity contribution is 5.41. The minimum absolute atomic E-state index is 0.490. The average Bonchev–Trinajstić information content (AvgIpc) is 2.30. The van der Waals surface area contributed by atoms with Crippen LogP contribution in [-0.2, 0) is 16.1 Å². The lowest BCUT2D eigenvalue weighted by atomic mass is 10.2. The summed E-state index contributed by atoms with van der Waals surface area (Å²) in [7, 11) is 0. The van der Waals surface area contributed by atoms with Crippen LogP contribution in [0.4, 0.5) is 0 Å². The quantitative estimate of drug-likeness (QED) is 0.576. The molecule has 0 bridgehead atoms. The van der Waals surface area contributed by atoms with Crippen LogP contribution in [0.2, 0.25) is 0 Å². The number of hydrogen-bond acceptors (Lipinski definition) is 4. The summed E-state index contributed by atoms with van der Waals surface area (Å²) in [5.41, 5.74) is 1.09. The maximum absolute atomic E-state index is 6.60. The zero-order valence-corrected chi connectivity index (χ0v) is 8.77. The number of benzene rings is 1. The summed E-state index contributed by atoms with van der Waals surface area (Å²) in [5, 5.41) is 12.9. The van der Waals surface area contributed by atoms with E-state index < -0.39 is 0 Å². The summed E-state index contributed by atoms with van der Waals surface area (Å²) >= 11 is 0. The Morgan fingerprint density at radius 1 is 1.07 bits per heavy atom. The minimum Gasteiger partial charge on any atom is -0.484 e. The lowest BCUT2D eigenvalue weighted by Gasteiger charge is -1.97. The Labute approximate surface area is 89.9 Å². The normalized spacial score (nSPS) is 8.07. The van der Waals surface area contributed by atoms with Crippen molar-refractivity contribution in [1.82, 2.24) is 0 Å². The van der Waals surface area contributed by atoms with Crippen LogP contribution in [-0.4, -0.2) is 19.4 Å². The van der Waals surface area contributed by atoms with Gasteiger partial charge in [0.25, 0.3) is 0 Å². The molecular weight excluding hydrogens is 192 g/mol. The van der Waals surface area contributed by atoms with E-state index >= 15 is 0 Å². The molecule has 0 saturated heterocycles. The molecule has 0 unspecified atom stereocenters. The summed E-state index contributed by atoms with van der Waals surface area (Å²) in [6.07, 6.45) is 1.88. The van der Waals surface area contributed by atoms with Gasteiger partial charge in [0.2, 0.25) is 0 Å². The van der Waals surface area contributed by atoms with Crippen molar-refractivity contribution in [3.63, 3.8) is 0 Å². The van der Waals surface area contributed by atoms with Gasteiger partial charge in [-0.1, -0.05) is 30.3 Å². The summed E-state index contributed by atoms with van der Waals surface area (Å²) in [6.45, 7) is 2.93. The largest absolute Gasteiger partial charge is 0.484 e. The number of ether oxygens (including phenoxy) is 2. The second-order valence-electron chi connectivity index (χ2n) is 2.49. The zero-order chi connectivity index (χ0) is 11.4. The Balaban J connectivity index is 0.000000336. The van der Waals surface area contributed by atoms with Gasteiger partial charge >= 0.3 is 0 Å². The van der Waals surface area contributed by atoms with Gasteiger partial charge in [-0.15, -0.1) is 0 Å². The van der Waals surface area contributed by atoms with Crippen molar-refractivity contribution in [3.8, 4) is 0 Å². The van der Waals surface area contributed by atoms with Gasteiger partial charge in [-0.05, 0) is 12.5 Å². The molecule has 0 aliphatic heterocycles. The topological polar surface area (TPSA) is 66.2 Å². The highest BCUT2D eigenvalue weighted by Crippen LogP contribution is 1.98. The SMILES string of the molecule is CCOC=N.N=COCc1ccccc1. The first-order valence-corrected chi connectivity index (χ1v) is 4.60. The van der Waals surface area contributed by atoms with Crippen molar-refractivity contribution in [1.29, 1.82) is 10.8 Å². The molecule has 1 aromatic rings. The molecule has 4 heteroatoms. The van der Waals surface area contributed by atoms with E-state index in [0.717, 1.165) is 18.4 Å². The first kappa shape index (κ1) is 13.2. The fourth-order valence-electron chi connectivity index (χ4n) is 0.795. The first-order chi connectivity index (χ1) is 7.35. The molecule has 2 N–H and O–H groups in total. The van der Waals surface area contributed by atoms with Crippen LogP contribution in [0.15, 0.2) is 30.3 Å². The van der Waals surface area contributed by atoms with Crippen molar-refractivity contribution < 1.29 is 9.47 Å². The van der Waals surface area contributed by atoms with Crippen molar-refractivity contribution >= 4 is 12.8 Å². The van der Waals surface area contributed by atoms with E-state index in [4.69, 9.17) is 15.6 Å². The van der Waals surface area contributed by atoms with Crippen LogP contribution in [0, 0.1) is 10.8 Å². The van der Waals surface area contributed by atoms with Crippen LogP contribution in [0.3, 0.4) is 0 Å². The van der Waals surface area contributed by atoms with Gasteiger partial charge in [-0.2, -0.15) is 0 Å². The Bertz CT molecular complexity index is 263. The third-order valence-corrected chi connectivity index (χ3v) is 1.43. The molecule has 0 atom stereocenters. The molecule has 0 aliphatic rings. The molecule has 0 amide bonds. The van der Waals surface area contributed by atoms with Crippen LogP contribution in [0.25, 0.3) is 0 Å². The van der Waals surface area contributed by atoms with Crippen molar-refractivity contribution in [2.24, 2.45) is 0 Å². The lowest BCUT2D eigenvalue weighted by molar-refractivity contribution is 0.305. The molecule has 0 fully saturated rings. The predicted octanol–water partition coefficient (Wildman–Crippen LogP) is 2.44. The van der Waals surface area contributed by atoms with Gasteiger partial charge in [-0.25, -0.2) is 0 Å². The van der Waals surface area contributed by atoms with E-state index in [0.29, 0.717) is 13.2 Å². The Morgan fingerprint density at radius 2 is 1.67 bits per heavy atom. The standard InChI is InChI=1S/C8H9NO.C3H7NO/c9-7-10-6-8-4-2-1-3-5-8;1-2-5-3-4/h1-5,7,9H,6H2;3-4H,2H2,1H3. The fraction of sp³-hybridized carbons (Fsp3) is 0.273. The highest BCUT2D eigenvalue weighted by atomic mass is 16.5. The van der Waals surface area contributed by atoms with E-state index in [-0.39, 0.29) is 0 Å². The predicted molar refractivity (Wildman–Crippen MR) is 60.4 cm³/mol. The molecular formula is C11H16N2O2. The van der Waals surface area contributed by atoms with E-state index in [1.165, 1.54) is 0 Å². The van der Waals surface area contributed by atoms with Gasteiger partial charge in [0.15, 0.2) is 12.8 Å². The number of hydrogen-bond donors (Lipinski definition) is 2. The lowest BCUT2D eigenvalue weighted by Crippen LogP contribution is -1.87. The molecule has 0 heterocycles. The van der Waals surface area contributed by atoms with Crippen LogP contribution in [0.1, 0.15) is 12.5 Å². The Hall–Kier alpha value is -1.84. The Morgan fingerprint density at radius 3 is 2.07 bits per heavy atom. The first-order valence-electron chi connectivity index (χ1n) is 4.60. The Kier molecular flexibility index (Phi) is 8.99. The maximum atomic E-state index is 6.60. The fourth-order valence-corrected chi connectivity index (χ4v) is 0.795. The molecule has 0 spiro atoms. The van der Waals surface area contributed by atoms with Crippen LogP contribution < -0.4 is 0 Å². The molecule has 0 radical (unpaired) electrons. The maximum Gasteiger partial charge on any atom is 0.167 e. The van der Waals surface area contributed by atoms with Crippen LogP contribution in [0.5, 0.6) is 0 Å². The van der Waals surface area contributed by atoms with Gasteiger partial charge in [0, 0.05) is 0 Å². The molecule has 4 nitrogen and oxygen atoms in total. The number of rotatable bonds is 5. The zero-order valence-electron chi connectivity index (χ0n) is 8.77. The molecule has 15 heavy (non-hydrogen) atoms. The molecule has 0 saturated carbocycles. The molecule has 0 aliphatic carbocycles. The minimum atomic E-state index is 0.490. The van der Waals surface area contributed by atoms with Crippen molar-refractivity contribution in [2.75, 3.05) is 6.61 Å². The van der Waals surface area contributed by atoms with Crippen molar-refractivity contribution in [2.45, 2.75) is 13.5 Å². The molecule has 0 aromatic heterocycles. The summed E-state index contributed by atoms with van der Waals surface area (Å²) in [5.74, 6) is 0. The third kappa shape index (κ3) is 8.49. The van der Waals surface area contributed by atoms with E-state index in [2.05, 4.69) is 4.74 Å². The summed E-state index contributed by atoms with van der Waals surface area (Å²) < 4.78 is 9.14. The molecule has 1 aromatic carbocycles. The highest BCUT2D eigenvalue weighted by Gasteiger charge is 1.86. The van der Waals surface area contributed by atoms with E-state index in [1.54, 1.807) is 0 Å². The van der Waals surface area contributed by atoms with E-state index in [1.807, 2.05) is 37.3 Å². The second-order valence-corrected chi connectivity index (χ2v) is 2.49. The van der Waals surface area contributed by atoms with E-state index in [9.17, 15) is 0 Å². The number of nitrogens with one attached hydrogen (secondary N) is 2. The van der Waals surface area contributed by atoms with Gasteiger partial charge in [0.05, 0.1) is 6.61 Å². The van der Waals surface area contributed by atoms with Gasteiger partial charge < -0.3 is 9.47 Å². The van der Waals surface area contributed by atoms with Gasteiger partial charge in [0.1, 0.15) is 6.61 Å². The summed E-state index contributed by atoms with van der Waals surface area (Å²) in [6, 6.07) is 9.77. The second kappa shape index (κ2) is 10.2.